The van der Waals surface area contributed by atoms with Crippen molar-refractivity contribution >= 4 is 11.8 Å². The zero-order valence-corrected chi connectivity index (χ0v) is 12.2. The van der Waals surface area contributed by atoms with Crippen LogP contribution in [0.4, 0.5) is 0 Å². The molecule has 120 valence electrons. The molecule has 0 aromatic heterocycles. The van der Waals surface area contributed by atoms with Gasteiger partial charge in [-0.15, -0.1) is 10.1 Å². The molecule has 21 heavy (non-hydrogen) atoms. The van der Waals surface area contributed by atoms with Gasteiger partial charge in [-0.3, -0.25) is 9.69 Å². The van der Waals surface area contributed by atoms with Crippen molar-refractivity contribution in [2.45, 2.75) is 13.3 Å². The Bertz CT molecular complexity index is 368. The molecule has 1 rings (SSSR count). The Morgan fingerprint density at radius 1 is 1.10 bits per heavy atom. The molecule has 0 aromatic carbocycles. The quantitative estimate of drug-likeness (QED) is 0.182. The molecule has 1 saturated heterocycles. The van der Waals surface area contributed by atoms with Gasteiger partial charge in [0.15, 0.2) is 0 Å². The molecule has 0 atom stereocenters. The first-order valence-corrected chi connectivity index (χ1v) is 6.88. The fourth-order valence-electron chi connectivity index (χ4n) is 2.04. The maximum Gasteiger partial charge on any atom is 0.374 e. The third-order valence-electron chi connectivity index (χ3n) is 3.21. The standard InChI is InChI=1S/C12H21N3O6/c1-11(16)12(17)20-9-2-3-13-4-6-14(7-5-13)8-10-21-15(18)19/h2-10H2,1H3. The molecule has 0 N–H and O–H groups in total. The second-order valence-electron chi connectivity index (χ2n) is 4.79. The van der Waals surface area contributed by atoms with Crippen LogP contribution in [0.5, 0.6) is 0 Å². The van der Waals surface area contributed by atoms with Crippen molar-refractivity contribution < 1.29 is 24.3 Å². The predicted molar refractivity (Wildman–Crippen MR) is 72.1 cm³/mol. The molecule has 9 heteroatoms. The second-order valence-corrected chi connectivity index (χ2v) is 4.79. The molecule has 0 unspecified atom stereocenters. The van der Waals surface area contributed by atoms with Crippen molar-refractivity contribution in [1.29, 1.82) is 0 Å². The summed E-state index contributed by atoms with van der Waals surface area (Å²) in [5, 5.41) is 9.25. The molecule has 9 nitrogen and oxygen atoms in total. The molecule has 1 fully saturated rings. The van der Waals surface area contributed by atoms with Crippen molar-refractivity contribution in [3.63, 3.8) is 0 Å². The Morgan fingerprint density at radius 3 is 2.19 bits per heavy atom. The number of carbonyl (C=O) groups excluding carboxylic acids is 2. The fraction of sp³-hybridized carbons (Fsp3) is 0.833. The zero-order chi connectivity index (χ0) is 15.7. The number of nitrogens with zero attached hydrogens (tertiary/aromatic N) is 3. The number of hydrogen-bond donors (Lipinski definition) is 0. The van der Waals surface area contributed by atoms with Crippen molar-refractivity contribution in [1.82, 2.24) is 9.80 Å². The number of ketones is 1. The lowest BCUT2D eigenvalue weighted by atomic mass is 10.3. The van der Waals surface area contributed by atoms with Gasteiger partial charge in [-0.05, 0) is 6.42 Å². The van der Waals surface area contributed by atoms with Gasteiger partial charge in [-0.25, -0.2) is 4.79 Å². The summed E-state index contributed by atoms with van der Waals surface area (Å²) in [7, 11) is 0. The fourth-order valence-corrected chi connectivity index (χ4v) is 2.04. The summed E-state index contributed by atoms with van der Waals surface area (Å²) in [6.07, 6.45) is 0.684. The summed E-state index contributed by atoms with van der Waals surface area (Å²) in [5.74, 6) is -1.37. The van der Waals surface area contributed by atoms with Crippen LogP contribution in [0.25, 0.3) is 0 Å². The Kier molecular flexibility index (Phi) is 7.62. The number of ether oxygens (including phenoxy) is 1. The highest BCUT2D eigenvalue weighted by Gasteiger charge is 2.16. The molecule has 0 amide bonds. The largest absolute Gasteiger partial charge is 0.460 e. The van der Waals surface area contributed by atoms with E-state index in [-0.39, 0.29) is 13.2 Å². The van der Waals surface area contributed by atoms with Gasteiger partial charge in [-0.1, -0.05) is 0 Å². The third-order valence-corrected chi connectivity index (χ3v) is 3.21. The van der Waals surface area contributed by atoms with E-state index >= 15 is 0 Å². The van der Waals surface area contributed by atoms with Crippen LogP contribution in [-0.4, -0.2) is 79.1 Å². The minimum absolute atomic E-state index is 0.0913. The van der Waals surface area contributed by atoms with Gasteiger partial charge in [0.2, 0.25) is 5.78 Å². The van der Waals surface area contributed by atoms with E-state index in [2.05, 4.69) is 14.6 Å². The summed E-state index contributed by atoms with van der Waals surface area (Å²) in [6.45, 7) is 6.24. The van der Waals surface area contributed by atoms with Crippen LogP contribution in [-0.2, 0) is 19.2 Å². The lowest BCUT2D eigenvalue weighted by Crippen LogP contribution is -2.47. The molecule has 0 spiro atoms. The molecule has 0 saturated carbocycles. The van der Waals surface area contributed by atoms with Crippen LogP contribution in [0.3, 0.4) is 0 Å². The van der Waals surface area contributed by atoms with Crippen molar-refractivity contribution in [3.8, 4) is 0 Å². The molecular formula is C12H21N3O6. The summed E-state index contributed by atoms with van der Waals surface area (Å²) in [5.41, 5.74) is 0. The van der Waals surface area contributed by atoms with Crippen LogP contribution >= 0.6 is 0 Å². The highest BCUT2D eigenvalue weighted by atomic mass is 16.9. The number of piperazine rings is 1. The predicted octanol–water partition coefficient (Wildman–Crippen LogP) is -0.665. The van der Waals surface area contributed by atoms with Crippen molar-refractivity contribution in [2.75, 3.05) is 52.5 Å². The van der Waals surface area contributed by atoms with Gasteiger partial charge in [0.25, 0.3) is 5.09 Å². The molecule has 0 bridgehead atoms. The van der Waals surface area contributed by atoms with Gasteiger partial charge in [-0.2, -0.15) is 0 Å². The second kappa shape index (κ2) is 9.24. The molecule has 1 aliphatic rings. The number of rotatable bonds is 9. The average Bonchev–Trinajstić information content (AvgIpc) is 2.44. The van der Waals surface area contributed by atoms with E-state index in [0.29, 0.717) is 13.0 Å². The highest BCUT2D eigenvalue weighted by Crippen LogP contribution is 2.02. The first-order valence-electron chi connectivity index (χ1n) is 6.88. The van der Waals surface area contributed by atoms with E-state index in [0.717, 1.165) is 32.7 Å². The summed E-state index contributed by atoms with van der Waals surface area (Å²) in [6, 6.07) is 0. The maximum absolute atomic E-state index is 10.9. The summed E-state index contributed by atoms with van der Waals surface area (Å²) >= 11 is 0. The van der Waals surface area contributed by atoms with E-state index in [9.17, 15) is 19.7 Å². The average molecular weight is 303 g/mol. The zero-order valence-electron chi connectivity index (χ0n) is 12.2. The van der Waals surface area contributed by atoms with E-state index in [4.69, 9.17) is 4.74 Å². The lowest BCUT2D eigenvalue weighted by Gasteiger charge is -2.34. The van der Waals surface area contributed by atoms with E-state index in [1.807, 2.05) is 0 Å². The van der Waals surface area contributed by atoms with Crippen molar-refractivity contribution in [2.24, 2.45) is 0 Å². The minimum Gasteiger partial charge on any atom is -0.460 e. The third kappa shape index (κ3) is 7.57. The Balaban J connectivity index is 2.04. The molecule has 0 radical (unpaired) electrons. The maximum atomic E-state index is 10.9. The number of esters is 1. The molecular weight excluding hydrogens is 282 g/mol. The van der Waals surface area contributed by atoms with E-state index in [1.54, 1.807) is 0 Å². The first kappa shape index (κ1) is 17.3. The van der Waals surface area contributed by atoms with Crippen LogP contribution in [0, 0.1) is 10.1 Å². The van der Waals surface area contributed by atoms with Gasteiger partial charge >= 0.3 is 5.97 Å². The van der Waals surface area contributed by atoms with Crippen LogP contribution in [0.2, 0.25) is 0 Å². The minimum atomic E-state index is -0.786. The van der Waals surface area contributed by atoms with Gasteiger partial charge in [0.1, 0.15) is 6.61 Å². The molecule has 1 aliphatic heterocycles. The van der Waals surface area contributed by atoms with Crippen LogP contribution < -0.4 is 0 Å². The molecule has 1 heterocycles. The van der Waals surface area contributed by atoms with Gasteiger partial charge < -0.3 is 14.5 Å². The Labute approximate surface area is 122 Å². The van der Waals surface area contributed by atoms with Crippen LogP contribution in [0.15, 0.2) is 0 Å². The first-order chi connectivity index (χ1) is 9.99. The smallest absolute Gasteiger partial charge is 0.374 e. The van der Waals surface area contributed by atoms with E-state index < -0.39 is 16.8 Å². The molecule has 0 aromatic rings. The number of hydrogen-bond acceptors (Lipinski definition) is 8. The van der Waals surface area contributed by atoms with Crippen molar-refractivity contribution in [3.05, 3.63) is 10.1 Å². The normalized spacial score (nSPS) is 16.4. The number of carbonyl (C=O) groups is 2. The van der Waals surface area contributed by atoms with Crippen LogP contribution in [0.1, 0.15) is 13.3 Å². The summed E-state index contributed by atoms with van der Waals surface area (Å²) in [4.78, 5) is 40.2. The van der Waals surface area contributed by atoms with E-state index in [1.165, 1.54) is 6.92 Å². The monoisotopic (exact) mass is 303 g/mol. The lowest BCUT2D eigenvalue weighted by molar-refractivity contribution is -0.757. The molecule has 0 aliphatic carbocycles. The Morgan fingerprint density at radius 2 is 1.67 bits per heavy atom. The highest BCUT2D eigenvalue weighted by molar-refractivity contribution is 6.32. The summed E-state index contributed by atoms with van der Waals surface area (Å²) < 4.78 is 4.79. The number of Topliss-reactive ketones (excluding diaryl/α,β-unsaturated/α-hetero) is 1. The van der Waals surface area contributed by atoms with Gasteiger partial charge in [0.05, 0.1) is 6.61 Å². The topological polar surface area (TPSA) is 102 Å². The van der Waals surface area contributed by atoms with Gasteiger partial charge in [0, 0.05) is 46.2 Å². The SMILES string of the molecule is CC(=O)C(=O)OCCCN1CCN(CCO[N+](=O)[O-])CC1. The Hall–Kier alpha value is -1.74.